The third-order valence-electron chi connectivity index (χ3n) is 4.50. The van der Waals surface area contributed by atoms with Crippen molar-refractivity contribution in [1.82, 2.24) is 10.4 Å². The van der Waals surface area contributed by atoms with Crippen LogP contribution >= 0.6 is 0 Å². The van der Waals surface area contributed by atoms with Crippen LogP contribution in [0.4, 0.5) is 5.69 Å². The van der Waals surface area contributed by atoms with E-state index in [-0.39, 0.29) is 11.8 Å². The molecule has 5 nitrogen and oxygen atoms in total. The molecular formula is C19H18N4O. The Morgan fingerprint density at radius 3 is 2.75 bits per heavy atom. The maximum absolute atomic E-state index is 12.3. The average molecular weight is 318 g/mol. The van der Waals surface area contributed by atoms with Gasteiger partial charge in [0.1, 0.15) is 0 Å². The lowest BCUT2D eigenvalue weighted by molar-refractivity contribution is -0.122. The van der Waals surface area contributed by atoms with Crippen LogP contribution in [0.2, 0.25) is 0 Å². The number of aromatic amines is 1. The molecule has 0 spiro atoms. The summed E-state index contributed by atoms with van der Waals surface area (Å²) in [6.07, 6.45) is 2.51. The van der Waals surface area contributed by atoms with Gasteiger partial charge in [-0.2, -0.15) is 5.10 Å². The van der Waals surface area contributed by atoms with Crippen LogP contribution in [0, 0.1) is 0 Å². The van der Waals surface area contributed by atoms with E-state index < -0.39 is 0 Å². The molecule has 0 bridgehead atoms. The summed E-state index contributed by atoms with van der Waals surface area (Å²) >= 11 is 0. The number of anilines is 1. The summed E-state index contributed by atoms with van der Waals surface area (Å²) in [5, 5.41) is 8.47. The number of carbonyl (C=O) groups is 1. The first-order valence-corrected chi connectivity index (χ1v) is 7.96. The molecule has 2 aromatic carbocycles. The second kappa shape index (κ2) is 5.85. The van der Waals surface area contributed by atoms with Gasteiger partial charge in [-0.3, -0.25) is 4.79 Å². The molecule has 0 aliphatic carbocycles. The molecule has 2 heterocycles. The highest BCUT2D eigenvalue weighted by molar-refractivity contribution is 6.06. The number of nitrogens with one attached hydrogen (secondary N) is 3. The number of rotatable bonds is 3. The Labute approximate surface area is 139 Å². The molecule has 1 atom stereocenters. The van der Waals surface area contributed by atoms with Crippen molar-refractivity contribution in [3.8, 4) is 0 Å². The minimum atomic E-state index is -0.222. The van der Waals surface area contributed by atoms with E-state index in [9.17, 15) is 4.79 Å². The van der Waals surface area contributed by atoms with Gasteiger partial charge in [0.15, 0.2) is 0 Å². The van der Waals surface area contributed by atoms with Gasteiger partial charge in [0.05, 0.1) is 11.6 Å². The Bertz CT molecular complexity index is 924. The summed E-state index contributed by atoms with van der Waals surface area (Å²) in [5.74, 6) is -0.277. The number of amides is 1. The Morgan fingerprint density at radius 2 is 1.96 bits per heavy atom. The van der Waals surface area contributed by atoms with Crippen LogP contribution in [-0.2, 0) is 4.79 Å². The van der Waals surface area contributed by atoms with E-state index in [4.69, 9.17) is 0 Å². The van der Waals surface area contributed by atoms with Gasteiger partial charge in [-0.15, -0.1) is 0 Å². The quantitative estimate of drug-likeness (QED) is 0.694. The maximum Gasteiger partial charge on any atom is 0.248 e. The third kappa shape index (κ3) is 2.54. The Kier molecular flexibility index (Phi) is 3.54. The van der Waals surface area contributed by atoms with Crippen molar-refractivity contribution in [3.05, 3.63) is 65.9 Å². The molecule has 1 amide bonds. The van der Waals surface area contributed by atoms with Gasteiger partial charge in [-0.05, 0) is 46.8 Å². The third-order valence-corrected chi connectivity index (χ3v) is 4.50. The molecule has 120 valence electrons. The summed E-state index contributed by atoms with van der Waals surface area (Å²) in [5.41, 5.74) is 7.74. The van der Waals surface area contributed by atoms with E-state index in [1.54, 1.807) is 0 Å². The number of hydrogen-bond acceptors (Lipinski definition) is 3. The Balaban J connectivity index is 1.64. The summed E-state index contributed by atoms with van der Waals surface area (Å²) in [6, 6.07) is 16.2. The summed E-state index contributed by atoms with van der Waals surface area (Å²) < 4.78 is 0. The lowest BCUT2D eigenvalue weighted by atomic mass is 9.89. The molecule has 0 radical (unpaired) electrons. The predicted octanol–water partition coefficient (Wildman–Crippen LogP) is 3.22. The van der Waals surface area contributed by atoms with Crippen molar-refractivity contribution in [2.75, 3.05) is 12.4 Å². The van der Waals surface area contributed by atoms with Gasteiger partial charge < -0.3 is 10.3 Å². The van der Waals surface area contributed by atoms with Gasteiger partial charge in [0, 0.05) is 30.9 Å². The van der Waals surface area contributed by atoms with Gasteiger partial charge >= 0.3 is 0 Å². The minimum absolute atomic E-state index is 0.0551. The van der Waals surface area contributed by atoms with Crippen LogP contribution in [0.15, 0.2) is 59.8 Å². The van der Waals surface area contributed by atoms with Crippen LogP contribution in [0.3, 0.4) is 0 Å². The minimum Gasteiger partial charge on any atom is -0.388 e. The molecule has 0 fully saturated rings. The maximum atomic E-state index is 12.3. The zero-order chi connectivity index (χ0) is 16.5. The lowest BCUT2D eigenvalue weighted by Crippen LogP contribution is -2.33. The number of nitrogens with zero attached hydrogens (tertiary/aromatic N) is 1. The molecule has 1 aliphatic heterocycles. The molecular weight excluding hydrogens is 300 g/mol. The van der Waals surface area contributed by atoms with Crippen LogP contribution < -0.4 is 10.7 Å². The average Bonchev–Trinajstić information content (AvgIpc) is 3.10. The fourth-order valence-corrected chi connectivity index (χ4v) is 3.10. The van der Waals surface area contributed by atoms with Crippen molar-refractivity contribution in [2.45, 2.75) is 12.3 Å². The molecule has 1 unspecified atom stereocenters. The first kappa shape index (κ1) is 14.5. The molecule has 1 aliphatic rings. The number of aromatic nitrogens is 1. The van der Waals surface area contributed by atoms with Crippen molar-refractivity contribution in [2.24, 2.45) is 5.10 Å². The second-order valence-corrected chi connectivity index (χ2v) is 5.94. The molecule has 5 heteroatoms. The number of benzene rings is 2. The fourth-order valence-electron chi connectivity index (χ4n) is 3.10. The summed E-state index contributed by atoms with van der Waals surface area (Å²) in [7, 11) is 1.89. The molecule has 4 rings (SSSR count). The number of carbonyl (C=O) groups excluding carboxylic acids is 1. The predicted molar refractivity (Wildman–Crippen MR) is 96.3 cm³/mol. The number of hydrogen-bond donors (Lipinski definition) is 3. The lowest BCUT2D eigenvalue weighted by Gasteiger charge is -2.22. The number of H-pyrrole nitrogens is 1. The van der Waals surface area contributed by atoms with Crippen LogP contribution in [0.5, 0.6) is 0 Å². The van der Waals surface area contributed by atoms with Crippen molar-refractivity contribution >= 4 is 28.2 Å². The van der Waals surface area contributed by atoms with Gasteiger partial charge in [0.25, 0.3) is 0 Å². The molecule has 3 aromatic rings. The van der Waals surface area contributed by atoms with E-state index in [1.807, 2.05) is 55.7 Å². The SMILES string of the molecule is CNc1ccc(C2=NNC(=O)C(c3ccc4[nH]ccc4c3)C2)cc1. The highest BCUT2D eigenvalue weighted by Crippen LogP contribution is 2.28. The Morgan fingerprint density at radius 1 is 1.12 bits per heavy atom. The molecule has 24 heavy (non-hydrogen) atoms. The fraction of sp³-hybridized carbons (Fsp3) is 0.158. The summed E-state index contributed by atoms with van der Waals surface area (Å²) in [6.45, 7) is 0. The number of fused-ring (bicyclic) bond motifs is 1. The van der Waals surface area contributed by atoms with E-state index in [1.165, 1.54) is 0 Å². The van der Waals surface area contributed by atoms with Gasteiger partial charge in [0.2, 0.25) is 5.91 Å². The zero-order valence-corrected chi connectivity index (χ0v) is 13.3. The monoisotopic (exact) mass is 318 g/mol. The van der Waals surface area contributed by atoms with E-state index >= 15 is 0 Å². The van der Waals surface area contributed by atoms with Crippen LogP contribution in [0.1, 0.15) is 23.5 Å². The smallest absolute Gasteiger partial charge is 0.248 e. The standard InChI is InChI=1S/C19H18N4O/c1-20-15-5-2-12(3-6-15)18-11-16(19(24)23-22-18)13-4-7-17-14(10-13)8-9-21-17/h2-10,16,20-21H,11H2,1H3,(H,23,24). The van der Waals surface area contributed by atoms with Crippen LogP contribution in [-0.4, -0.2) is 23.7 Å². The Hall–Kier alpha value is -3.08. The van der Waals surface area contributed by atoms with Crippen LogP contribution in [0.25, 0.3) is 10.9 Å². The summed E-state index contributed by atoms with van der Waals surface area (Å²) in [4.78, 5) is 15.5. The highest BCUT2D eigenvalue weighted by Gasteiger charge is 2.27. The zero-order valence-electron chi connectivity index (χ0n) is 13.3. The molecule has 3 N–H and O–H groups in total. The normalized spacial score (nSPS) is 17.5. The van der Waals surface area contributed by atoms with Crippen molar-refractivity contribution < 1.29 is 4.79 Å². The van der Waals surface area contributed by atoms with Gasteiger partial charge in [-0.25, -0.2) is 5.43 Å². The molecule has 0 saturated carbocycles. The highest BCUT2D eigenvalue weighted by atomic mass is 16.2. The largest absolute Gasteiger partial charge is 0.388 e. The molecule has 1 aromatic heterocycles. The topological polar surface area (TPSA) is 69.3 Å². The van der Waals surface area contributed by atoms with E-state index in [2.05, 4.69) is 26.9 Å². The first-order valence-electron chi connectivity index (χ1n) is 7.96. The number of hydrazone groups is 1. The van der Waals surface area contributed by atoms with E-state index in [0.29, 0.717) is 6.42 Å². The second-order valence-electron chi connectivity index (χ2n) is 5.94. The first-order chi connectivity index (χ1) is 11.7. The van der Waals surface area contributed by atoms with Gasteiger partial charge in [-0.1, -0.05) is 18.2 Å². The van der Waals surface area contributed by atoms with Crippen molar-refractivity contribution in [1.29, 1.82) is 0 Å². The molecule has 0 saturated heterocycles. The van der Waals surface area contributed by atoms with Crippen molar-refractivity contribution in [3.63, 3.8) is 0 Å². The van der Waals surface area contributed by atoms with E-state index in [0.717, 1.165) is 33.4 Å².